The molecule has 0 bridgehead atoms. The zero-order valence-electron chi connectivity index (χ0n) is 14.8. The van der Waals surface area contributed by atoms with Crippen molar-refractivity contribution in [3.05, 3.63) is 29.8 Å². The topological polar surface area (TPSA) is 81.9 Å². The monoisotopic (exact) mass is 369 g/mol. The summed E-state index contributed by atoms with van der Waals surface area (Å²) in [6.07, 6.45) is -0.510. The molecule has 8 heteroatoms. The second-order valence-corrected chi connectivity index (χ2v) is 8.55. The van der Waals surface area contributed by atoms with Gasteiger partial charge in [-0.1, -0.05) is 17.7 Å². The van der Waals surface area contributed by atoms with Crippen molar-refractivity contribution >= 4 is 16.0 Å². The van der Waals surface area contributed by atoms with E-state index in [1.165, 1.54) is 16.4 Å². The van der Waals surface area contributed by atoms with Crippen molar-refractivity contribution in [3.8, 4) is 0 Å². The van der Waals surface area contributed by atoms with Crippen LogP contribution in [0.5, 0.6) is 0 Å². The molecule has 4 atom stereocenters. The summed E-state index contributed by atoms with van der Waals surface area (Å²) in [6.45, 7) is 7.50. The van der Waals surface area contributed by atoms with Gasteiger partial charge in [0.1, 0.15) is 12.1 Å². The predicted octanol–water partition coefficient (Wildman–Crippen LogP) is 1.45. The minimum Gasteiger partial charge on any atom is -0.465 e. The lowest BCUT2D eigenvalue weighted by Gasteiger charge is -2.17. The zero-order chi connectivity index (χ0) is 18.4. The number of esters is 1. The average Bonchev–Trinajstić information content (AvgIpc) is 3.20. The molecule has 0 spiro atoms. The summed E-state index contributed by atoms with van der Waals surface area (Å²) in [5, 5.41) is 0. The Morgan fingerprint density at radius 1 is 1.32 bits per heavy atom. The molecule has 25 heavy (non-hydrogen) atoms. The third-order valence-corrected chi connectivity index (χ3v) is 6.23. The van der Waals surface area contributed by atoms with E-state index in [4.69, 9.17) is 14.2 Å². The summed E-state index contributed by atoms with van der Waals surface area (Å²) in [7, 11) is -3.82. The molecule has 2 aliphatic rings. The van der Waals surface area contributed by atoms with Gasteiger partial charge in [-0.05, 0) is 39.8 Å². The Kier molecular flexibility index (Phi) is 4.65. The highest BCUT2D eigenvalue weighted by molar-refractivity contribution is 7.89. The van der Waals surface area contributed by atoms with Crippen molar-refractivity contribution in [2.75, 3.05) is 13.2 Å². The van der Waals surface area contributed by atoms with E-state index in [-0.39, 0.29) is 18.1 Å². The third-order valence-electron chi connectivity index (χ3n) is 4.34. The summed E-state index contributed by atoms with van der Waals surface area (Å²) in [5.74, 6) is -1.36. The molecule has 2 saturated heterocycles. The second kappa shape index (κ2) is 6.35. The summed E-state index contributed by atoms with van der Waals surface area (Å²) in [4.78, 5) is 12.4. The lowest BCUT2D eigenvalue weighted by molar-refractivity contribution is -0.145. The summed E-state index contributed by atoms with van der Waals surface area (Å²) in [6, 6.07) is 5.03. The average molecular weight is 369 g/mol. The fourth-order valence-corrected chi connectivity index (χ4v) is 4.84. The first-order valence-electron chi connectivity index (χ1n) is 8.26. The highest BCUT2D eigenvalue weighted by Crippen LogP contribution is 2.42. The normalized spacial score (nSPS) is 30.9. The van der Waals surface area contributed by atoms with Crippen molar-refractivity contribution in [1.29, 1.82) is 0 Å². The summed E-state index contributed by atoms with van der Waals surface area (Å²) < 4.78 is 43.5. The van der Waals surface area contributed by atoms with Crippen LogP contribution in [0.1, 0.15) is 26.3 Å². The number of carbonyl (C=O) groups is 1. The lowest BCUT2D eigenvalue weighted by atomic mass is 10.2. The Bertz CT molecular complexity index is 758. The first-order chi connectivity index (χ1) is 11.7. The molecule has 7 nitrogen and oxygen atoms in total. The van der Waals surface area contributed by atoms with E-state index >= 15 is 0 Å². The minimum absolute atomic E-state index is 0.146. The van der Waals surface area contributed by atoms with E-state index in [1.54, 1.807) is 32.9 Å². The maximum Gasteiger partial charge on any atom is 0.326 e. The van der Waals surface area contributed by atoms with Crippen LogP contribution in [0.15, 0.2) is 29.2 Å². The number of hydrogen-bond donors (Lipinski definition) is 0. The molecule has 0 aliphatic carbocycles. The molecule has 0 amide bonds. The Balaban J connectivity index is 1.89. The fraction of sp³-hybridized carbons (Fsp3) is 0.588. The molecule has 2 aliphatic heterocycles. The van der Waals surface area contributed by atoms with Gasteiger partial charge in [-0.3, -0.25) is 4.79 Å². The first-order valence-corrected chi connectivity index (χ1v) is 9.70. The molecular formula is C17H23NO6S. The van der Waals surface area contributed by atoms with Gasteiger partial charge in [-0.15, -0.1) is 0 Å². The molecule has 0 N–H and O–H groups in total. The van der Waals surface area contributed by atoms with Gasteiger partial charge in [-0.25, -0.2) is 8.42 Å². The standard InChI is InChI=1S/C17H23NO6S/c1-5-22-16(19)15-14(13-10-23-17(3,4)24-13)18(15)25(20,21)12-8-6-11(2)7-9-12/h6-9,13-15H,5,10H2,1-4H3/t13-,14+,15+,18?/m1/s1. The molecular weight excluding hydrogens is 346 g/mol. The Morgan fingerprint density at radius 3 is 2.48 bits per heavy atom. The number of aryl methyl sites for hydroxylation is 1. The number of benzene rings is 1. The smallest absolute Gasteiger partial charge is 0.326 e. The quantitative estimate of drug-likeness (QED) is 0.577. The number of carbonyl (C=O) groups excluding carboxylic acids is 1. The molecule has 0 saturated carbocycles. The SMILES string of the molecule is CCOC(=O)[C@@H]1[C@H]([C@H]2COC(C)(C)O2)N1S(=O)(=O)c1ccc(C)cc1. The number of nitrogens with zero attached hydrogens (tertiary/aromatic N) is 1. The summed E-state index contributed by atoms with van der Waals surface area (Å²) >= 11 is 0. The van der Waals surface area contributed by atoms with Gasteiger partial charge < -0.3 is 14.2 Å². The number of ether oxygens (including phenoxy) is 3. The van der Waals surface area contributed by atoms with Crippen LogP contribution in [-0.2, 0) is 29.0 Å². The van der Waals surface area contributed by atoms with Gasteiger partial charge in [0.15, 0.2) is 5.79 Å². The van der Waals surface area contributed by atoms with E-state index in [0.29, 0.717) is 0 Å². The number of hydrogen-bond acceptors (Lipinski definition) is 6. The molecule has 1 aromatic rings. The van der Waals surface area contributed by atoms with E-state index in [0.717, 1.165) is 5.56 Å². The predicted molar refractivity (Wildman–Crippen MR) is 89.3 cm³/mol. The van der Waals surface area contributed by atoms with Crippen LogP contribution in [0.3, 0.4) is 0 Å². The molecule has 0 radical (unpaired) electrons. The van der Waals surface area contributed by atoms with Gasteiger partial charge in [0.05, 0.1) is 24.2 Å². The number of sulfonamides is 1. The highest BCUT2D eigenvalue weighted by Gasteiger charge is 2.65. The van der Waals surface area contributed by atoms with Gasteiger partial charge in [-0.2, -0.15) is 4.31 Å². The van der Waals surface area contributed by atoms with E-state index in [2.05, 4.69) is 0 Å². The number of rotatable bonds is 5. The molecule has 0 aromatic heterocycles. The van der Waals surface area contributed by atoms with E-state index < -0.39 is 40.0 Å². The van der Waals surface area contributed by atoms with Crippen LogP contribution in [0, 0.1) is 6.92 Å². The highest BCUT2D eigenvalue weighted by atomic mass is 32.2. The second-order valence-electron chi connectivity index (χ2n) is 6.70. The minimum atomic E-state index is -3.82. The van der Waals surface area contributed by atoms with E-state index in [9.17, 15) is 13.2 Å². The van der Waals surface area contributed by atoms with Crippen molar-refractivity contribution in [2.24, 2.45) is 0 Å². The van der Waals surface area contributed by atoms with Crippen LogP contribution in [0.25, 0.3) is 0 Å². The molecule has 2 fully saturated rings. The van der Waals surface area contributed by atoms with Gasteiger partial charge >= 0.3 is 5.97 Å². The molecule has 138 valence electrons. The van der Waals surface area contributed by atoms with Crippen molar-refractivity contribution < 1.29 is 27.4 Å². The largest absolute Gasteiger partial charge is 0.465 e. The maximum atomic E-state index is 13.0. The van der Waals surface area contributed by atoms with Gasteiger partial charge in [0, 0.05) is 0 Å². The lowest BCUT2D eigenvalue weighted by Crippen LogP contribution is -2.28. The molecule has 2 heterocycles. The first kappa shape index (κ1) is 18.3. The van der Waals surface area contributed by atoms with Gasteiger partial charge in [0.2, 0.25) is 10.0 Å². The van der Waals surface area contributed by atoms with Crippen LogP contribution < -0.4 is 0 Å². The van der Waals surface area contributed by atoms with Gasteiger partial charge in [0.25, 0.3) is 0 Å². The summed E-state index contributed by atoms with van der Waals surface area (Å²) in [5.41, 5.74) is 0.956. The van der Waals surface area contributed by atoms with E-state index in [1.807, 2.05) is 6.92 Å². The van der Waals surface area contributed by atoms with Crippen LogP contribution in [0.2, 0.25) is 0 Å². The van der Waals surface area contributed by atoms with Crippen LogP contribution >= 0.6 is 0 Å². The Labute approximate surface area is 147 Å². The Hall–Kier alpha value is -1.48. The zero-order valence-corrected chi connectivity index (χ0v) is 15.6. The molecule has 3 rings (SSSR count). The maximum absolute atomic E-state index is 13.0. The van der Waals surface area contributed by atoms with Crippen molar-refractivity contribution in [1.82, 2.24) is 4.31 Å². The van der Waals surface area contributed by atoms with Crippen molar-refractivity contribution in [3.63, 3.8) is 0 Å². The third kappa shape index (κ3) is 3.44. The fourth-order valence-electron chi connectivity index (χ4n) is 3.09. The molecule has 1 aromatic carbocycles. The van der Waals surface area contributed by atoms with Crippen LogP contribution in [-0.4, -0.2) is 55.9 Å². The van der Waals surface area contributed by atoms with Crippen molar-refractivity contribution in [2.45, 2.75) is 56.6 Å². The Morgan fingerprint density at radius 2 is 1.96 bits per heavy atom. The molecule has 1 unspecified atom stereocenters. The van der Waals surface area contributed by atoms with Crippen LogP contribution in [0.4, 0.5) is 0 Å².